The number of carbonyl (C=O) groups excluding carboxylic acids is 1. The molecule has 2 N–H and O–H groups in total. The molecule has 0 saturated heterocycles. The first kappa shape index (κ1) is 17.5. The maximum absolute atomic E-state index is 12.6. The van der Waals surface area contributed by atoms with Gasteiger partial charge in [-0.15, -0.1) is 0 Å². The maximum Gasteiger partial charge on any atom is 0.255 e. The van der Waals surface area contributed by atoms with Crippen LogP contribution < -0.4 is 10.1 Å². The van der Waals surface area contributed by atoms with Crippen molar-refractivity contribution in [2.24, 2.45) is 5.92 Å². The van der Waals surface area contributed by atoms with Crippen molar-refractivity contribution in [1.29, 1.82) is 0 Å². The van der Waals surface area contributed by atoms with Gasteiger partial charge in [-0.05, 0) is 24.5 Å². The first-order chi connectivity index (χ1) is 13.3. The van der Waals surface area contributed by atoms with Gasteiger partial charge in [0.1, 0.15) is 11.3 Å². The monoisotopic (exact) mass is 364 g/mol. The van der Waals surface area contributed by atoms with E-state index in [0.29, 0.717) is 34.9 Å². The molecule has 140 valence electrons. The molecule has 0 aliphatic heterocycles. The van der Waals surface area contributed by atoms with Crippen LogP contribution in [0.2, 0.25) is 0 Å². The predicted octanol–water partition coefficient (Wildman–Crippen LogP) is 4.45. The Morgan fingerprint density at radius 3 is 2.81 bits per heavy atom. The molecule has 4 rings (SSSR count). The number of fused-ring (bicyclic) bond motifs is 1. The summed E-state index contributed by atoms with van der Waals surface area (Å²) < 4.78 is 5.73. The van der Waals surface area contributed by atoms with Gasteiger partial charge in [-0.2, -0.15) is 0 Å². The number of aromatic amines is 1. The second kappa shape index (κ2) is 8.20. The number of amides is 1. The van der Waals surface area contributed by atoms with Gasteiger partial charge in [0.15, 0.2) is 5.65 Å². The van der Waals surface area contributed by atoms with Gasteiger partial charge in [0.05, 0.1) is 11.8 Å². The topological polar surface area (TPSA) is 79.9 Å². The van der Waals surface area contributed by atoms with E-state index in [2.05, 4.69) is 20.3 Å². The number of benzene rings is 1. The van der Waals surface area contributed by atoms with Gasteiger partial charge in [-0.1, -0.05) is 50.3 Å². The second-order valence-electron chi connectivity index (χ2n) is 7.07. The second-order valence-corrected chi connectivity index (χ2v) is 7.07. The minimum atomic E-state index is -0.122. The van der Waals surface area contributed by atoms with Gasteiger partial charge in [0.2, 0.25) is 5.88 Å². The van der Waals surface area contributed by atoms with E-state index in [1.165, 1.54) is 32.1 Å². The van der Waals surface area contributed by atoms with E-state index < -0.39 is 0 Å². The zero-order valence-electron chi connectivity index (χ0n) is 15.3. The molecule has 27 heavy (non-hydrogen) atoms. The number of aromatic nitrogens is 3. The van der Waals surface area contributed by atoms with Crippen LogP contribution in [0.1, 0.15) is 48.9 Å². The molecule has 0 atom stereocenters. The molecule has 1 aliphatic rings. The highest BCUT2D eigenvalue weighted by molar-refractivity contribution is 6.04. The summed E-state index contributed by atoms with van der Waals surface area (Å²) in [6.07, 6.45) is 10.8. The molecular formula is C21H24N4O2. The summed E-state index contributed by atoms with van der Waals surface area (Å²) in [5, 5.41) is 3.03. The summed E-state index contributed by atoms with van der Waals surface area (Å²) in [5.41, 5.74) is 1.60. The van der Waals surface area contributed by atoms with E-state index in [1.54, 1.807) is 12.4 Å². The zero-order chi connectivity index (χ0) is 18.5. The highest BCUT2D eigenvalue weighted by Crippen LogP contribution is 2.26. The molecule has 6 nitrogen and oxygen atoms in total. The van der Waals surface area contributed by atoms with E-state index in [1.807, 2.05) is 30.3 Å². The third-order valence-corrected chi connectivity index (χ3v) is 5.13. The number of hydrogen-bond donors (Lipinski definition) is 2. The van der Waals surface area contributed by atoms with Crippen LogP contribution in [0.25, 0.3) is 11.2 Å². The Kier molecular flexibility index (Phi) is 5.32. The number of rotatable bonds is 6. The lowest BCUT2D eigenvalue weighted by molar-refractivity contribution is 0.0952. The van der Waals surface area contributed by atoms with Gasteiger partial charge in [-0.25, -0.2) is 9.97 Å². The van der Waals surface area contributed by atoms with Crippen LogP contribution in [0.3, 0.4) is 0 Å². The standard InChI is InChI=1S/C21H24N4O2/c26-21(22-12-11-15-7-3-1-4-8-15)17-13-23-20-19(17)25-18(14-24-20)27-16-9-5-2-6-10-16/h2,5-6,9-10,13-15H,1,3-4,7-8,11-12H2,(H,22,26)(H,23,24). The average molecular weight is 364 g/mol. The van der Waals surface area contributed by atoms with E-state index >= 15 is 0 Å². The number of nitrogens with zero attached hydrogens (tertiary/aromatic N) is 2. The summed E-state index contributed by atoms with van der Waals surface area (Å²) in [5.74, 6) is 1.67. The van der Waals surface area contributed by atoms with Crippen molar-refractivity contribution in [3.63, 3.8) is 0 Å². The third-order valence-electron chi connectivity index (χ3n) is 5.13. The highest BCUT2D eigenvalue weighted by atomic mass is 16.5. The fourth-order valence-electron chi connectivity index (χ4n) is 3.67. The Morgan fingerprint density at radius 2 is 2.00 bits per heavy atom. The zero-order valence-corrected chi connectivity index (χ0v) is 15.3. The molecule has 1 aromatic carbocycles. The number of nitrogens with one attached hydrogen (secondary N) is 2. The average Bonchev–Trinajstić information content (AvgIpc) is 3.13. The molecule has 1 fully saturated rings. The number of H-pyrrole nitrogens is 1. The molecule has 0 bridgehead atoms. The largest absolute Gasteiger partial charge is 0.437 e. The van der Waals surface area contributed by atoms with Crippen LogP contribution in [0, 0.1) is 5.92 Å². The number of ether oxygens (including phenoxy) is 1. The summed E-state index contributed by atoms with van der Waals surface area (Å²) in [7, 11) is 0. The van der Waals surface area contributed by atoms with E-state index in [4.69, 9.17) is 4.74 Å². The normalized spacial score (nSPS) is 15.0. The minimum Gasteiger partial charge on any atom is -0.437 e. The lowest BCUT2D eigenvalue weighted by Crippen LogP contribution is -2.26. The predicted molar refractivity (Wildman–Crippen MR) is 104 cm³/mol. The van der Waals surface area contributed by atoms with Crippen LogP contribution in [-0.2, 0) is 0 Å². The lowest BCUT2D eigenvalue weighted by atomic mass is 9.87. The van der Waals surface area contributed by atoms with Crippen LogP contribution in [-0.4, -0.2) is 27.4 Å². The number of hydrogen-bond acceptors (Lipinski definition) is 4. The Labute approximate surface area is 158 Å². The Bertz CT molecular complexity index is 901. The molecule has 2 aromatic heterocycles. The molecule has 3 aromatic rings. The number of carbonyl (C=O) groups is 1. The molecule has 2 heterocycles. The molecule has 0 radical (unpaired) electrons. The molecule has 0 unspecified atom stereocenters. The van der Waals surface area contributed by atoms with E-state index in [9.17, 15) is 4.79 Å². The van der Waals surface area contributed by atoms with Crippen LogP contribution in [0.5, 0.6) is 11.6 Å². The molecule has 1 amide bonds. The minimum absolute atomic E-state index is 0.122. The van der Waals surface area contributed by atoms with Crippen molar-refractivity contribution < 1.29 is 9.53 Å². The summed E-state index contributed by atoms with van der Waals surface area (Å²) >= 11 is 0. The van der Waals surface area contributed by atoms with Crippen molar-refractivity contribution in [3.05, 3.63) is 48.3 Å². The smallest absolute Gasteiger partial charge is 0.255 e. The molecule has 6 heteroatoms. The molecular weight excluding hydrogens is 340 g/mol. The fourth-order valence-corrected chi connectivity index (χ4v) is 3.67. The molecule has 1 aliphatic carbocycles. The van der Waals surface area contributed by atoms with Crippen LogP contribution in [0.4, 0.5) is 0 Å². The van der Waals surface area contributed by atoms with Gasteiger partial charge in [-0.3, -0.25) is 4.79 Å². The van der Waals surface area contributed by atoms with Crippen molar-refractivity contribution in [3.8, 4) is 11.6 Å². The Morgan fingerprint density at radius 1 is 1.19 bits per heavy atom. The van der Waals surface area contributed by atoms with E-state index in [-0.39, 0.29) is 5.91 Å². The van der Waals surface area contributed by atoms with E-state index in [0.717, 1.165) is 12.3 Å². The Hall–Kier alpha value is -2.89. The fraction of sp³-hybridized carbons (Fsp3) is 0.381. The molecule has 0 spiro atoms. The molecule has 1 saturated carbocycles. The summed E-state index contributed by atoms with van der Waals surface area (Å²) in [6, 6.07) is 9.40. The van der Waals surface area contributed by atoms with Crippen molar-refractivity contribution in [2.75, 3.05) is 6.54 Å². The van der Waals surface area contributed by atoms with Gasteiger partial charge >= 0.3 is 0 Å². The van der Waals surface area contributed by atoms with Gasteiger partial charge in [0.25, 0.3) is 5.91 Å². The quantitative estimate of drug-likeness (QED) is 0.677. The van der Waals surface area contributed by atoms with Crippen molar-refractivity contribution >= 4 is 17.1 Å². The maximum atomic E-state index is 12.6. The first-order valence-corrected chi connectivity index (χ1v) is 9.65. The van der Waals surface area contributed by atoms with Crippen LogP contribution >= 0.6 is 0 Å². The lowest BCUT2D eigenvalue weighted by Gasteiger charge is -2.21. The van der Waals surface area contributed by atoms with Crippen molar-refractivity contribution in [1.82, 2.24) is 20.3 Å². The number of para-hydroxylation sites is 1. The van der Waals surface area contributed by atoms with Gasteiger partial charge < -0.3 is 15.0 Å². The summed E-state index contributed by atoms with van der Waals surface area (Å²) in [4.78, 5) is 24.4. The van der Waals surface area contributed by atoms with Gasteiger partial charge in [0, 0.05) is 12.7 Å². The third kappa shape index (κ3) is 4.27. The Balaban J connectivity index is 1.43. The van der Waals surface area contributed by atoms with Crippen molar-refractivity contribution in [2.45, 2.75) is 38.5 Å². The van der Waals surface area contributed by atoms with Crippen LogP contribution in [0.15, 0.2) is 42.7 Å². The first-order valence-electron chi connectivity index (χ1n) is 9.65. The highest BCUT2D eigenvalue weighted by Gasteiger charge is 2.17. The summed E-state index contributed by atoms with van der Waals surface area (Å²) in [6.45, 7) is 0.698. The SMILES string of the molecule is O=C(NCCC1CCCCC1)c1c[nH]c2ncc(Oc3ccccc3)nc12.